The summed E-state index contributed by atoms with van der Waals surface area (Å²) in [5, 5.41) is 17.3. The van der Waals surface area contributed by atoms with Crippen LogP contribution in [0, 0.1) is 5.92 Å². The molecule has 2 rings (SSSR count). The molecule has 1 aliphatic carbocycles. The van der Waals surface area contributed by atoms with Gasteiger partial charge >= 0.3 is 0 Å². The third kappa shape index (κ3) is 1.01. The van der Waals surface area contributed by atoms with E-state index >= 15 is 0 Å². The molecule has 0 aromatic heterocycles. The molecule has 0 amide bonds. The van der Waals surface area contributed by atoms with E-state index < -0.39 is 5.60 Å². The van der Waals surface area contributed by atoms with Gasteiger partial charge in [-0.25, -0.2) is 0 Å². The van der Waals surface area contributed by atoms with Crippen LogP contribution in [0.3, 0.4) is 0 Å². The number of hydrogen-bond acceptors (Lipinski definition) is 3. The van der Waals surface area contributed by atoms with E-state index in [1.807, 2.05) is 7.05 Å². The average molecular weight is 184 g/mol. The maximum atomic E-state index is 10.5. The number of rotatable bonds is 2. The first-order valence-electron chi connectivity index (χ1n) is 5.35. The fourth-order valence-corrected chi connectivity index (χ4v) is 3.30. The lowest BCUT2D eigenvalue weighted by atomic mass is 9.85. The third-order valence-corrected chi connectivity index (χ3v) is 4.13. The summed E-state index contributed by atoms with van der Waals surface area (Å²) in [5.74, 6) is 0.613. The van der Waals surface area contributed by atoms with Crippen LogP contribution >= 0.6 is 0 Å². The van der Waals surface area contributed by atoms with Crippen molar-refractivity contribution in [3.05, 3.63) is 0 Å². The second-order valence-electron chi connectivity index (χ2n) is 4.39. The molecule has 1 saturated heterocycles. The molecule has 0 spiro atoms. The van der Waals surface area contributed by atoms with E-state index in [2.05, 4.69) is 17.6 Å². The Morgan fingerprint density at radius 3 is 2.92 bits per heavy atom. The van der Waals surface area contributed by atoms with E-state index in [0.717, 1.165) is 25.8 Å². The zero-order chi connectivity index (χ0) is 9.53. The summed E-state index contributed by atoms with van der Waals surface area (Å²) in [6, 6.07) is 0. The van der Waals surface area contributed by atoms with E-state index in [9.17, 15) is 5.11 Å². The van der Waals surface area contributed by atoms with Crippen LogP contribution in [-0.2, 0) is 0 Å². The highest BCUT2D eigenvalue weighted by molar-refractivity contribution is 5.14. The molecule has 2 aliphatic rings. The molecule has 0 radical (unpaired) electrons. The SMILES string of the molecule is CC[C@@]1(O)CC[C@@H]2CCN[C@@]21NC. The Kier molecular flexibility index (Phi) is 2.13. The highest BCUT2D eigenvalue weighted by Crippen LogP contribution is 2.47. The smallest absolute Gasteiger partial charge is 0.101 e. The molecule has 3 N–H and O–H groups in total. The predicted octanol–water partition coefficient (Wildman–Crippen LogP) is 0.447. The van der Waals surface area contributed by atoms with Gasteiger partial charge in [0.25, 0.3) is 0 Å². The quantitative estimate of drug-likeness (QED) is 0.584. The normalized spacial score (nSPS) is 49.6. The summed E-state index contributed by atoms with van der Waals surface area (Å²) in [5.41, 5.74) is -0.731. The van der Waals surface area contributed by atoms with Crippen molar-refractivity contribution in [1.29, 1.82) is 0 Å². The molecule has 0 aromatic rings. The van der Waals surface area contributed by atoms with Crippen molar-refractivity contribution in [3.8, 4) is 0 Å². The number of likely N-dealkylation sites (N-methyl/N-ethyl adjacent to an activating group) is 1. The second-order valence-corrected chi connectivity index (χ2v) is 4.39. The second kappa shape index (κ2) is 2.94. The van der Waals surface area contributed by atoms with Crippen molar-refractivity contribution in [2.24, 2.45) is 5.92 Å². The molecule has 3 nitrogen and oxygen atoms in total. The fourth-order valence-electron chi connectivity index (χ4n) is 3.30. The van der Waals surface area contributed by atoms with Crippen LogP contribution < -0.4 is 10.6 Å². The first-order valence-corrected chi connectivity index (χ1v) is 5.35. The van der Waals surface area contributed by atoms with Gasteiger partial charge in [0.05, 0.1) is 5.60 Å². The first-order chi connectivity index (χ1) is 6.18. The van der Waals surface area contributed by atoms with Gasteiger partial charge in [-0.3, -0.25) is 10.6 Å². The van der Waals surface area contributed by atoms with E-state index in [1.165, 1.54) is 6.42 Å². The number of hydrogen-bond donors (Lipinski definition) is 3. The lowest BCUT2D eigenvalue weighted by Crippen LogP contribution is -2.67. The molecule has 3 atom stereocenters. The highest BCUT2D eigenvalue weighted by atomic mass is 16.3. The molecule has 1 heterocycles. The monoisotopic (exact) mass is 184 g/mol. The Balaban J connectivity index is 2.31. The molecular formula is C10H20N2O. The Bertz CT molecular complexity index is 209. The molecule has 1 saturated carbocycles. The van der Waals surface area contributed by atoms with Gasteiger partial charge in [-0.15, -0.1) is 0 Å². The van der Waals surface area contributed by atoms with Gasteiger partial charge in [0, 0.05) is 0 Å². The zero-order valence-corrected chi connectivity index (χ0v) is 8.56. The Labute approximate surface area is 79.9 Å². The van der Waals surface area contributed by atoms with Crippen LogP contribution in [-0.4, -0.2) is 30.0 Å². The van der Waals surface area contributed by atoms with Gasteiger partial charge in [-0.2, -0.15) is 0 Å². The van der Waals surface area contributed by atoms with Crippen LogP contribution in [0.5, 0.6) is 0 Å². The minimum atomic E-state index is -0.539. The van der Waals surface area contributed by atoms with Crippen molar-refractivity contribution in [2.45, 2.75) is 43.9 Å². The molecule has 0 bridgehead atoms. The van der Waals surface area contributed by atoms with E-state index in [-0.39, 0.29) is 5.66 Å². The Morgan fingerprint density at radius 1 is 1.54 bits per heavy atom. The van der Waals surface area contributed by atoms with Gasteiger partial charge in [-0.1, -0.05) is 6.92 Å². The fraction of sp³-hybridized carbons (Fsp3) is 1.00. The number of aliphatic hydroxyl groups is 1. The standard InChI is InChI=1S/C10H20N2O/c1-3-9(13)6-4-8-5-7-12-10(8,9)11-2/h8,11-13H,3-7H2,1-2H3/t8-,9-,10+/m1/s1. The van der Waals surface area contributed by atoms with Crippen molar-refractivity contribution >= 4 is 0 Å². The minimum Gasteiger partial charge on any atom is -0.387 e. The number of nitrogens with one attached hydrogen (secondary N) is 2. The van der Waals surface area contributed by atoms with Crippen molar-refractivity contribution in [2.75, 3.05) is 13.6 Å². The van der Waals surface area contributed by atoms with Gasteiger partial charge in [-0.05, 0) is 45.2 Å². The molecular weight excluding hydrogens is 164 g/mol. The molecule has 2 fully saturated rings. The summed E-state index contributed by atoms with van der Waals surface area (Å²) in [7, 11) is 1.96. The van der Waals surface area contributed by atoms with Crippen LogP contribution in [0.25, 0.3) is 0 Å². The lowest BCUT2D eigenvalue weighted by Gasteiger charge is -2.42. The molecule has 1 aliphatic heterocycles. The zero-order valence-electron chi connectivity index (χ0n) is 8.56. The Morgan fingerprint density at radius 2 is 2.31 bits per heavy atom. The molecule has 13 heavy (non-hydrogen) atoms. The molecule has 0 unspecified atom stereocenters. The van der Waals surface area contributed by atoms with E-state index in [4.69, 9.17) is 0 Å². The largest absolute Gasteiger partial charge is 0.387 e. The molecule has 3 heteroatoms. The van der Waals surface area contributed by atoms with Crippen LogP contribution in [0.2, 0.25) is 0 Å². The summed E-state index contributed by atoms with van der Waals surface area (Å²) in [4.78, 5) is 0. The van der Waals surface area contributed by atoms with E-state index in [1.54, 1.807) is 0 Å². The van der Waals surface area contributed by atoms with Crippen LogP contribution in [0.15, 0.2) is 0 Å². The van der Waals surface area contributed by atoms with Gasteiger partial charge in [0.1, 0.15) is 5.66 Å². The van der Waals surface area contributed by atoms with Crippen molar-refractivity contribution in [1.82, 2.24) is 10.6 Å². The van der Waals surface area contributed by atoms with Crippen molar-refractivity contribution in [3.63, 3.8) is 0 Å². The lowest BCUT2D eigenvalue weighted by molar-refractivity contribution is -0.0487. The summed E-state index contributed by atoms with van der Waals surface area (Å²) in [6.45, 7) is 3.11. The minimum absolute atomic E-state index is 0.193. The molecule has 76 valence electrons. The van der Waals surface area contributed by atoms with Crippen molar-refractivity contribution < 1.29 is 5.11 Å². The summed E-state index contributed by atoms with van der Waals surface area (Å²) in [6.07, 6.45) is 4.11. The highest BCUT2D eigenvalue weighted by Gasteiger charge is 2.59. The third-order valence-electron chi connectivity index (χ3n) is 4.13. The maximum Gasteiger partial charge on any atom is 0.101 e. The van der Waals surface area contributed by atoms with Crippen LogP contribution in [0.1, 0.15) is 32.6 Å². The predicted molar refractivity (Wildman–Crippen MR) is 52.4 cm³/mol. The summed E-state index contributed by atoms with van der Waals surface area (Å²) < 4.78 is 0. The maximum absolute atomic E-state index is 10.5. The van der Waals surface area contributed by atoms with Gasteiger partial charge in [0.2, 0.25) is 0 Å². The average Bonchev–Trinajstić information content (AvgIpc) is 2.67. The van der Waals surface area contributed by atoms with E-state index in [0.29, 0.717) is 5.92 Å². The Hall–Kier alpha value is -0.120. The number of fused-ring (bicyclic) bond motifs is 1. The van der Waals surface area contributed by atoms with Crippen LogP contribution in [0.4, 0.5) is 0 Å². The van der Waals surface area contributed by atoms with Gasteiger partial charge in [0.15, 0.2) is 0 Å². The first kappa shape index (κ1) is 9.44. The molecule has 0 aromatic carbocycles. The summed E-state index contributed by atoms with van der Waals surface area (Å²) >= 11 is 0. The van der Waals surface area contributed by atoms with Gasteiger partial charge < -0.3 is 5.11 Å². The topological polar surface area (TPSA) is 44.3 Å².